The van der Waals surface area contributed by atoms with Crippen LogP contribution in [-0.2, 0) is 20.1 Å². The summed E-state index contributed by atoms with van der Waals surface area (Å²) in [5.74, 6) is 0.646. The van der Waals surface area contributed by atoms with Crippen molar-refractivity contribution < 1.29 is 19.4 Å². The average Bonchev–Trinajstić information content (AvgIpc) is 3.12. The van der Waals surface area contributed by atoms with E-state index in [-0.39, 0.29) is 23.8 Å². The van der Waals surface area contributed by atoms with Crippen LogP contribution >= 0.6 is 11.8 Å². The van der Waals surface area contributed by atoms with E-state index in [0.717, 1.165) is 18.6 Å². The van der Waals surface area contributed by atoms with Crippen molar-refractivity contribution in [3.8, 4) is 0 Å². The Balaban J connectivity index is 1.41. The molecule has 2 saturated heterocycles. The van der Waals surface area contributed by atoms with Crippen molar-refractivity contribution in [1.82, 2.24) is 4.90 Å². The number of aliphatic carboxylic acids is 1. The Morgan fingerprint density at radius 3 is 2.73 bits per heavy atom. The number of likely N-dealkylation sites (tertiary alicyclic amines) is 1. The molecule has 5 nitrogen and oxygen atoms in total. The molecule has 0 saturated carbocycles. The van der Waals surface area contributed by atoms with Gasteiger partial charge in [-0.2, -0.15) is 0 Å². The Kier molecular flexibility index (Phi) is 6.59. The lowest BCUT2D eigenvalue weighted by atomic mass is 9.84. The van der Waals surface area contributed by atoms with Crippen LogP contribution in [0.15, 0.2) is 24.3 Å². The first-order valence-corrected chi connectivity index (χ1v) is 10.5. The monoisotopic (exact) mass is 377 g/mol. The third-order valence-electron chi connectivity index (χ3n) is 5.39. The summed E-state index contributed by atoms with van der Waals surface area (Å²) < 4.78 is 5.70. The number of thioether (sulfide) groups is 1. The minimum Gasteiger partial charge on any atom is -0.481 e. The molecule has 1 aromatic rings. The van der Waals surface area contributed by atoms with Crippen LogP contribution in [0, 0.1) is 18.8 Å². The predicted octanol–water partition coefficient (Wildman–Crippen LogP) is 2.96. The molecule has 0 radical (unpaired) electrons. The Morgan fingerprint density at radius 1 is 1.27 bits per heavy atom. The van der Waals surface area contributed by atoms with Gasteiger partial charge in [-0.05, 0) is 37.7 Å². The highest BCUT2D eigenvalue weighted by Gasteiger charge is 2.40. The summed E-state index contributed by atoms with van der Waals surface area (Å²) in [4.78, 5) is 25.7. The number of carboxylic acid groups (broad SMARTS) is 1. The van der Waals surface area contributed by atoms with Crippen LogP contribution in [0.25, 0.3) is 0 Å². The maximum absolute atomic E-state index is 12.4. The molecule has 1 N–H and O–H groups in total. The highest BCUT2D eigenvalue weighted by Crippen LogP contribution is 2.33. The molecule has 2 aliphatic heterocycles. The zero-order valence-corrected chi connectivity index (χ0v) is 16.0. The van der Waals surface area contributed by atoms with E-state index in [9.17, 15) is 14.7 Å². The van der Waals surface area contributed by atoms with Crippen molar-refractivity contribution in [2.24, 2.45) is 11.8 Å². The molecule has 2 heterocycles. The van der Waals surface area contributed by atoms with Gasteiger partial charge in [0.1, 0.15) is 0 Å². The second-order valence-corrected chi connectivity index (χ2v) is 8.25. The smallest absolute Gasteiger partial charge is 0.309 e. The molecule has 0 bridgehead atoms. The summed E-state index contributed by atoms with van der Waals surface area (Å²) in [6.45, 7) is 4.03. The first-order valence-electron chi connectivity index (χ1n) is 9.30. The Hall–Kier alpha value is -1.53. The maximum Gasteiger partial charge on any atom is 0.309 e. The van der Waals surface area contributed by atoms with Gasteiger partial charge in [0.15, 0.2) is 0 Å². The number of nitrogens with zero attached hydrogens (tertiary/aromatic N) is 1. The van der Waals surface area contributed by atoms with Gasteiger partial charge in [0.2, 0.25) is 5.91 Å². The number of ether oxygens (including phenoxy) is 1. The van der Waals surface area contributed by atoms with Crippen molar-refractivity contribution in [3.63, 3.8) is 0 Å². The summed E-state index contributed by atoms with van der Waals surface area (Å²) in [5.41, 5.74) is 2.49. The number of aryl methyl sites for hydroxylation is 1. The van der Waals surface area contributed by atoms with E-state index in [1.165, 1.54) is 11.1 Å². The second kappa shape index (κ2) is 8.91. The summed E-state index contributed by atoms with van der Waals surface area (Å²) in [7, 11) is 0. The van der Waals surface area contributed by atoms with Gasteiger partial charge in [-0.3, -0.25) is 9.59 Å². The minimum atomic E-state index is -0.751. The zero-order valence-electron chi connectivity index (χ0n) is 15.2. The quantitative estimate of drug-likeness (QED) is 0.826. The fourth-order valence-electron chi connectivity index (χ4n) is 3.97. The van der Waals surface area contributed by atoms with Crippen LogP contribution in [-0.4, -0.2) is 53.4 Å². The molecule has 0 spiro atoms. The fraction of sp³-hybridized carbons (Fsp3) is 0.600. The standard InChI is InChI=1S/C20H27NO4S/c1-14-3-2-4-15(11-14)12-26-13-18(22)21-8-5-16(6-9-21)19-17(20(23)24)7-10-25-19/h2-4,11,16-17,19H,5-10,12-13H2,1H3,(H,23,24)/t17?,19-/m0/s1. The average molecular weight is 378 g/mol. The lowest BCUT2D eigenvalue weighted by Crippen LogP contribution is -2.43. The molecular weight excluding hydrogens is 350 g/mol. The molecular formula is C20H27NO4S. The van der Waals surface area contributed by atoms with Crippen molar-refractivity contribution in [2.45, 2.75) is 38.0 Å². The van der Waals surface area contributed by atoms with Crippen molar-refractivity contribution in [3.05, 3.63) is 35.4 Å². The topological polar surface area (TPSA) is 66.8 Å². The van der Waals surface area contributed by atoms with Crippen LogP contribution < -0.4 is 0 Å². The summed E-state index contributed by atoms with van der Waals surface area (Å²) >= 11 is 1.65. The largest absolute Gasteiger partial charge is 0.481 e. The highest BCUT2D eigenvalue weighted by molar-refractivity contribution is 7.99. The van der Waals surface area contributed by atoms with Crippen molar-refractivity contribution in [1.29, 1.82) is 0 Å². The summed E-state index contributed by atoms with van der Waals surface area (Å²) in [6.07, 6.45) is 2.10. The van der Waals surface area contributed by atoms with Crippen molar-refractivity contribution in [2.75, 3.05) is 25.4 Å². The number of benzene rings is 1. The van der Waals surface area contributed by atoms with Gasteiger partial charge in [0.05, 0.1) is 17.8 Å². The van der Waals surface area contributed by atoms with E-state index < -0.39 is 5.97 Å². The normalized spacial score (nSPS) is 24.0. The van der Waals surface area contributed by atoms with Gasteiger partial charge in [-0.15, -0.1) is 11.8 Å². The van der Waals surface area contributed by atoms with E-state index in [2.05, 4.69) is 25.1 Å². The second-order valence-electron chi connectivity index (χ2n) is 7.27. The van der Waals surface area contributed by atoms with Gasteiger partial charge in [-0.25, -0.2) is 0 Å². The van der Waals surface area contributed by atoms with Crippen LogP contribution in [0.4, 0.5) is 0 Å². The zero-order chi connectivity index (χ0) is 18.5. The van der Waals surface area contributed by atoms with Crippen LogP contribution in [0.2, 0.25) is 0 Å². The van der Waals surface area contributed by atoms with E-state index in [1.54, 1.807) is 11.8 Å². The molecule has 0 aromatic heterocycles. The van der Waals surface area contributed by atoms with E-state index in [0.29, 0.717) is 31.9 Å². The van der Waals surface area contributed by atoms with Crippen molar-refractivity contribution >= 4 is 23.6 Å². The van der Waals surface area contributed by atoms with Gasteiger partial charge >= 0.3 is 5.97 Å². The summed E-state index contributed by atoms with van der Waals surface area (Å²) in [5, 5.41) is 9.32. The predicted molar refractivity (Wildman–Crippen MR) is 102 cm³/mol. The number of carbonyl (C=O) groups excluding carboxylic acids is 1. The lowest BCUT2D eigenvalue weighted by Gasteiger charge is -2.35. The molecule has 3 rings (SSSR count). The molecule has 2 fully saturated rings. The first kappa shape index (κ1) is 19.2. The number of hydrogen-bond acceptors (Lipinski definition) is 4. The molecule has 1 aromatic carbocycles. The fourth-order valence-corrected chi connectivity index (χ4v) is 4.84. The Bertz CT molecular complexity index is 642. The number of rotatable bonds is 6. The lowest BCUT2D eigenvalue weighted by molar-refractivity contribution is -0.145. The molecule has 1 amide bonds. The molecule has 6 heteroatoms. The Morgan fingerprint density at radius 2 is 2.04 bits per heavy atom. The third-order valence-corrected chi connectivity index (χ3v) is 6.38. The molecule has 26 heavy (non-hydrogen) atoms. The highest BCUT2D eigenvalue weighted by atomic mass is 32.2. The van der Waals surface area contributed by atoms with Gasteiger partial charge < -0.3 is 14.7 Å². The van der Waals surface area contributed by atoms with E-state index >= 15 is 0 Å². The third kappa shape index (κ3) is 4.80. The number of hydrogen-bond donors (Lipinski definition) is 1. The first-order chi connectivity index (χ1) is 12.5. The Labute approximate surface area is 159 Å². The number of piperidine rings is 1. The molecule has 2 atom stereocenters. The van der Waals surface area contributed by atoms with Gasteiger partial charge in [0, 0.05) is 25.4 Å². The maximum atomic E-state index is 12.4. The van der Waals surface area contributed by atoms with Crippen LogP contribution in [0.5, 0.6) is 0 Å². The number of carbonyl (C=O) groups is 2. The molecule has 142 valence electrons. The minimum absolute atomic E-state index is 0.180. The van der Waals surface area contributed by atoms with Gasteiger partial charge in [-0.1, -0.05) is 29.8 Å². The van der Waals surface area contributed by atoms with E-state index in [4.69, 9.17) is 4.74 Å². The van der Waals surface area contributed by atoms with Gasteiger partial charge in [0.25, 0.3) is 0 Å². The van der Waals surface area contributed by atoms with Crippen LogP contribution in [0.3, 0.4) is 0 Å². The summed E-state index contributed by atoms with van der Waals surface area (Å²) in [6, 6.07) is 8.37. The number of carboxylic acids is 1. The van der Waals surface area contributed by atoms with Crippen LogP contribution in [0.1, 0.15) is 30.4 Å². The number of amides is 1. The SMILES string of the molecule is Cc1cccc(CSCC(=O)N2CCC([C@@H]3OCCC3C(=O)O)CC2)c1. The molecule has 2 aliphatic rings. The van der Waals surface area contributed by atoms with E-state index in [1.807, 2.05) is 11.0 Å². The molecule has 1 unspecified atom stereocenters. The molecule has 0 aliphatic carbocycles.